The Kier molecular flexibility index (Phi) is 3.86. The van der Waals surface area contributed by atoms with Gasteiger partial charge in [-0.25, -0.2) is 0 Å². The molecule has 1 atom stereocenters. The SMILES string of the molecule is Oc1ccc(C(O)CNC2CCCC2)cc1O. The average molecular weight is 237 g/mol. The Hall–Kier alpha value is -1.26. The molecule has 4 heteroatoms. The van der Waals surface area contributed by atoms with Crippen molar-refractivity contribution in [3.63, 3.8) is 0 Å². The van der Waals surface area contributed by atoms with Crippen molar-refractivity contribution in [2.75, 3.05) is 6.54 Å². The van der Waals surface area contributed by atoms with E-state index < -0.39 is 6.10 Å². The van der Waals surface area contributed by atoms with Crippen LogP contribution in [0.1, 0.15) is 37.4 Å². The zero-order valence-electron chi connectivity index (χ0n) is 9.76. The zero-order valence-corrected chi connectivity index (χ0v) is 9.76. The number of aromatic hydroxyl groups is 2. The number of nitrogens with one attached hydrogen (secondary N) is 1. The number of benzene rings is 1. The number of hydrogen-bond acceptors (Lipinski definition) is 4. The van der Waals surface area contributed by atoms with Gasteiger partial charge in [0, 0.05) is 12.6 Å². The van der Waals surface area contributed by atoms with E-state index in [0.717, 1.165) is 0 Å². The minimum Gasteiger partial charge on any atom is -0.504 e. The van der Waals surface area contributed by atoms with E-state index in [2.05, 4.69) is 5.32 Å². The lowest BCUT2D eigenvalue weighted by molar-refractivity contribution is 0.169. The van der Waals surface area contributed by atoms with Gasteiger partial charge in [-0.1, -0.05) is 18.9 Å². The predicted molar refractivity (Wildman–Crippen MR) is 65.0 cm³/mol. The minimum absolute atomic E-state index is 0.162. The fourth-order valence-corrected chi connectivity index (χ4v) is 2.27. The molecule has 2 rings (SSSR count). The van der Waals surface area contributed by atoms with Gasteiger partial charge in [0.05, 0.1) is 6.10 Å². The molecular formula is C13H19NO3. The minimum atomic E-state index is -0.651. The van der Waals surface area contributed by atoms with E-state index in [1.165, 1.54) is 37.8 Å². The molecule has 17 heavy (non-hydrogen) atoms. The second-order valence-electron chi connectivity index (χ2n) is 4.65. The largest absolute Gasteiger partial charge is 0.504 e. The molecule has 4 N–H and O–H groups in total. The molecule has 0 aliphatic heterocycles. The lowest BCUT2D eigenvalue weighted by Crippen LogP contribution is -2.30. The van der Waals surface area contributed by atoms with Gasteiger partial charge in [-0.3, -0.25) is 0 Å². The molecule has 1 aliphatic rings. The van der Waals surface area contributed by atoms with E-state index in [1.807, 2.05) is 0 Å². The molecule has 1 unspecified atom stereocenters. The van der Waals surface area contributed by atoms with Crippen LogP contribution in [-0.4, -0.2) is 27.9 Å². The van der Waals surface area contributed by atoms with Crippen molar-refractivity contribution in [2.45, 2.75) is 37.8 Å². The Morgan fingerprint density at radius 2 is 1.88 bits per heavy atom. The number of aliphatic hydroxyl groups is 1. The third-order valence-corrected chi connectivity index (χ3v) is 3.34. The van der Waals surface area contributed by atoms with Crippen LogP contribution >= 0.6 is 0 Å². The molecule has 1 fully saturated rings. The topological polar surface area (TPSA) is 72.7 Å². The highest BCUT2D eigenvalue weighted by Gasteiger charge is 2.16. The summed E-state index contributed by atoms with van der Waals surface area (Å²) in [5.41, 5.74) is 0.616. The second-order valence-corrected chi connectivity index (χ2v) is 4.65. The molecule has 0 spiro atoms. The smallest absolute Gasteiger partial charge is 0.157 e. The summed E-state index contributed by atoms with van der Waals surface area (Å²) < 4.78 is 0. The number of phenols is 2. The first-order valence-corrected chi connectivity index (χ1v) is 6.10. The normalized spacial score (nSPS) is 18.4. The highest BCUT2D eigenvalue weighted by atomic mass is 16.3. The number of rotatable bonds is 4. The Morgan fingerprint density at radius 3 is 2.53 bits per heavy atom. The molecule has 1 saturated carbocycles. The Bertz CT molecular complexity index is 375. The first-order chi connectivity index (χ1) is 8.16. The van der Waals surface area contributed by atoms with Crippen molar-refractivity contribution in [1.82, 2.24) is 5.32 Å². The third kappa shape index (κ3) is 3.11. The molecule has 1 aliphatic carbocycles. The van der Waals surface area contributed by atoms with Gasteiger partial charge in [-0.05, 0) is 30.5 Å². The molecule has 0 aromatic heterocycles. The lowest BCUT2D eigenvalue weighted by Gasteiger charge is -2.16. The molecule has 4 nitrogen and oxygen atoms in total. The van der Waals surface area contributed by atoms with Crippen molar-refractivity contribution in [2.24, 2.45) is 0 Å². The standard InChI is InChI=1S/C13H19NO3/c15-11-6-5-9(7-12(11)16)13(17)8-14-10-3-1-2-4-10/h5-7,10,13-17H,1-4,8H2. The Balaban J connectivity index is 1.89. The van der Waals surface area contributed by atoms with Crippen LogP contribution in [0, 0.1) is 0 Å². The summed E-state index contributed by atoms with van der Waals surface area (Å²) in [5.74, 6) is -0.355. The van der Waals surface area contributed by atoms with Crippen molar-refractivity contribution >= 4 is 0 Å². The molecule has 1 aromatic carbocycles. The number of hydrogen-bond donors (Lipinski definition) is 4. The summed E-state index contributed by atoms with van der Waals surface area (Å²) in [5, 5.41) is 31.8. The first-order valence-electron chi connectivity index (χ1n) is 6.10. The van der Waals surface area contributed by atoms with Crippen molar-refractivity contribution in [3.8, 4) is 11.5 Å². The predicted octanol–water partition coefficient (Wildman–Crippen LogP) is 1.66. The van der Waals surface area contributed by atoms with Crippen LogP contribution in [0.3, 0.4) is 0 Å². The van der Waals surface area contributed by atoms with Crippen LogP contribution < -0.4 is 5.32 Å². The second kappa shape index (κ2) is 5.38. The molecule has 0 heterocycles. The van der Waals surface area contributed by atoms with Crippen molar-refractivity contribution in [3.05, 3.63) is 23.8 Å². The molecule has 94 valence electrons. The maximum atomic E-state index is 9.94. The molecule has 0 amide bonds. The fraction of sp³-hybridized carbons (Fsp3) is 0.538. The number of aliphatic hydroxyl groups excluding tert-OH is 1. The summed E-state index contributed by atoms with van der Waals surface area (Å²) >= 11 is 0. The Labute approximate surface area is 101 Å². The van der Waals surface area contributed by atoms with Crippen molar-refractivity contribution in [1.29, 1.82) is 0 Å². The summed E-state index contributed by atoms with van der Waals surface area (Å²) in [7, 11) is 0. The van der Waals surface area contributed by atoms with E-state index in [-0.39, 0.29) is 11.5 Å². The van der Waals surface area contributed by atoms with E-state index in [1.54, 1.807) is 6.07 Å². The molecule has 0 bridgehead atoms. The molecule has 0 radical (unpaired) electrons. The van der Waals surface area contributed by atoms with Gasteiger partial charge in [-0.15, -0.1) is 0 Å². The van der Waals surface area contributed by atoms with E-state index >= 15 is 0 Å². The van der Waals surface area contributed by atoms with Crippen LogP contribution in [0.4, 0.5) is 0 Å². The van der Waals surface area contributed by atoms with Gasteiger partial charge in [-0.2, -0.15) is 0 Å². The summed E-state index contributed by atoms with van der Waals surface area (Å²) in [6.45, 7) is 0.481. The van der Waals surface area contributed by atoms with Crippen LogP contribution in [0.2, 0.25) is 0 Å². The monoisotopic (exact) mass is 237 g/mol. The molecule has 1 aromatic rings. The highest BCUT2D eigenvalue weighted by Crippen LogP contribution is 2.27. The van der Waals surface area contributed by atoms with Crippen LogP contribution in [-0.2, 0) is 0 Å². The maximum Gasteiger partial charge on any atom is 0.157 e. The van der Waals surface area contributed by atoms with E-state index in [4.69, 9.17) is 0 Å². The number of phenolic OH excluding ortho intramolecular Hbond substituents is 2. The van der Waals surface area contributed by atoms with Gasteiger partial charge in [0.15, 0.2) is 11.5 Å². The summed E-state index contributed by atoms with van der Waals surface area (Å²) in [6, 6.07) is 4.92. The first kappa shape index (κ1) is 12.2. The van der Waals surface area contributed by atoms with Gasteiger partial charge in [0.2, 0.25) is 0 Å². The van der Waals surface area contributed by atoms with Gasteiger partial charge in [0.25, 0.3) is 0 Å². The van der Waals surface area contributed by atoms with Gasteiger partial charge < -0.3 is 20.6 Å². The average Bonchev–Trinajstić information content (AvgIpc) is 2.82. The van der Waals surface area contributed by atoms with E-state index in [9.17, 15) is 15.3 Å². The highest BCUT2D eigenvalue weighted by molar-refractivity contribution is 5.41. The third-order valence-electron chi connectivity index (χ3n) is 3.34. The van der Waals surface area contributed by atoms with Crippen LogP contribution in [0.25, 0.3) is 0 Å². The molecule has 0 saturated heterocycles. The quantitative estimate of drug-likeness (QED) is 0.601. The summed E-state index contributed by atoms with van der Waals surface area (Å²) in [4.78, 5) is 0. The van der Waals surface area contributed by atoms with Crippen molar-refractivity contribution < 1.29 is 15.3 Å². The van der Waals surface area contributed by atoms with Gasteiger partial charge in [0.1, 0.15) is 0 Å². The molecular weight excluding hydrogens is 218 g/mol. The van der Waals surface area contributed by atoms with Crippen LogP contribution in [0.5, 0.6) is 11.5 Å². The lowest BCUT2D eigenvalue weighted by atomic mass is 10.1. The van der Waals surface area contributed by atoms with Crippen LogP contribution in [0.15, 0.2) is 18.2 Å². The maximum absolute atomic E-state index is 9.94. The fourth-order valence-electron chi connectivity index (χ4n) is 2.27. The Morgan fingerprint density at radius 1 is 1.18 bits per heavy atom. The van der Waals surface area contributed by atoms with Gasteiger partial charge >= 0.3 is 0 Å². The van der Waals surface area contributed by atoms with E-state index in [0.29, 0.717) is 18.2 Å². The zero-order chi connectivity index (χ0) is 12.3. The summed E-state index contributed by atoms with van der Waals surface area (Å²) in [6.07, 6.45) is 4.21.